The third kappa shape index (κ3) is 3.86. The SMILES string of the molecule is O=S1(=O)CCC(CN2CCOCC2c2ccc(F)cc2)CC1. The molecule has 1 aromatic rings. The van der Waals surface area contributed by atoms with Gasteiger partial charge in [-0.05, 0) is 36.5 Å². The van der Waals surface area contributed by atoms with E-state index in [0.717, 1.165) is 31.5 Å². The molecular weight excluding hydrogens is 305 g/mol. The van der Waals surface area contributed by atoms with Crippen LogP contribution in [0.15, 0.2) is 24.3 Å². The number of sulfone groups is 1. The highest BCUT2D eigenvalue weighted by atomic mass is 32.2. The van der Waals surface area contributed by atoms with Crippen LogP contribution in [0.3, 0.4) is 0 Å². The number of hydrogen-bond donors (Lipinski definition) is 0. The first-order valence-corrected chi connectivity index (χ1v) is 9.63. The summed E-state index contributed by atoms with van der Waals surface area (Å²) >= 11 is 0. The van der Waals surface area contributed by atoms with Crippen LogP contribution in [-0.2, 0) is 14.6 Å². The number of halogens is 1. The highest BCUT2D eigenvalue weighted by molar-refractivity contribution is 7.91. The van der Waals surface area contributed by atoms with Crippen LogP contribution in [0.2, 0.25) is 0 Å². The van der Waals surface area contributed by atoms with Gasteiger partial charge in [0.05, 0.1) is 30.8 Å². The summed E-state index contributed by atoms with van der Waals surface area (Å²) in [6, 6.07) is 6.72. The lowest BCUT2D eigenvalue weighted by Crippen LogP contribution is -2.43. The molecule has 0 amide bonds. The van der Waals surface area contributed by atoms with Gasteiger partial charge in [0.1, 0.15) is 15.7 Å². The molecule has 0 N–H and O–H groups in total. The van der Waals surface area contributed by atoms with Crippen LogP contribution in [-0.4, -0.2) is 51.1 Å². The largest absolute Gasteiger partial charge is 0.378 e. The molecule has 2 aliphatic heterocycles. The first-order chi connectivity index (χ1) is 10.5. The Morgan fingerprint density at radius 2 is 1.86 bits per heavy atom. The second kappa shape index (κ2) is 6.64. The van der Waals surface area contributed by atoms with E-state index in [4.69, 9.17) is 4.74 Å². The van der Waals surface area contributed by atoms with E-state index < -0.39 is 9.84 Å². The molecule has 22 heavy (non-hydrogen) atoms. The van der Waals surface area contributed by atoms with Crippen molar-refractivity contribution in [3.63, 3.8) is 0 Å². The number of rotatable bonds is 3. The monoisotopic (exact) mass is 327 g/mol. The molecule has 3 rings (SSSR count). The van der Waals surface area contributed by atoms with Gasteiger partial charge in [0.15, 0.2) is 0 Å². The zero-order valence-electron chi connectivity index (χ0n) is 12.6. The molecule has 4 nitrogen and oxygen atoms in total. The van der Waals surface area contributed by atoms with Crippen molar-refractivity contribution in [2.45, 2.75) is 18.9 Å². The molecule has 1 unspecified atom stereocenters. The number of morpholine rings is 1. The van der Waals surface area contributed by atoms with Crippen LogP contribution in [0.1, 0.15) is 24.4 Å². The van der Waals surface area contributed by atoms with Crippen molar-refractivity contribution in [1.82, 2.24) is 4.90 Å². The molecule has 0 bridgehead atoms. The fraction of sp³-hybridized carbons (Fsp3) is 0.625. The Bertz CT molecular complexity index is 588. The van der Waals surface area contributed by atoms with Crippen molar-refractivity contribution in [3.05, 3.63) is 35.6 Å². The topological polar surface area (TPSA) is 46.6 Å². The van der Waals surface area contributed by atoms with E-state index >= 15 is 0 Å². The van der Waals surface area contributed by atoms with Crippen molar-refractivity contribution in [3.8, 4) is 0 Å². The van der Waals surface area contributed by atoms with Gasteiger partial charge in [-0.2, -0.15) is 0 Å². The van der Waals surface area contributed by atoms with Crippen molar-refractivity contribution in [2.24, 2.45) is 5.92 Å². The normalized spacial score (nSPS) is 26.9. The summed E-state index contributed by atoms with van der Waals surface area (Å²) in [6.07, 6.45) is 1.49. The van der Waals surface area contributed by atoms with E-state index in [1.54, 1.807) is 0 Å². The highest BCUT2D eigenvalue weighted by Gasteiger charge is 2.30. The predicted octanol–water partition coefficient (Wildman–Crippen LogP) is 2.02. The molecule has 6 heteroatoms. The lowest BCUT2D eigenvalue weighted by atomic mass is 9.98. The number of ether oxygens (including phenoxy) is 1. The number of nitrogens with zero attached hydrogens (tertiary/aromatic N) is 1. The van der Waals surface area contributed by atoms with Crippen LogP contribution in [0.4, 0.5) is 4.39 Å². The maximum atomic E-state index is 13.1. The van der Waals surface area contributed by atoms with Gasteiger partial charge in [-0.3, -0.25) is 4.90 Å². The fourth-order valence-corrected chi connectivity index (χ4v) is 4.89. The standard InChI is InChI=1S/C16H22FNO3S/c17-15-3-1-14(2-4-15)16-12-21-8-7-18(16)11-13-5-9-22(19,20)10-6-13/h1-4,13,16H,5-12H2. The number of benzene rings is 1. The molecule has 0 spiro atoms. The molecule has 2 saturated heterocycles. The second-order valence-electron chi connectivity index (χ2n) is 6.23. The van der Waals surface area contributed by atoms with Gasteiger partial charge in [0.25, 0.3) is 0 Å². The quantitative estimate of drug-likeness (QED) is 0.852. The first kappa shape index (κ1) is 15.9. The van der Waals surface area contributed by atoms with Crippen molar-refractivity contribution in [2.75, 3.05) is 37.8 Å². The molecule has 2 aliphatic rings. The minimum atomic E-state index is -2.81. The summed E-state index contributed by atoms with van der Waals surface area (Å²) in [5.41, 5.74) is 1.06. The molecule has 0 saturated carbocycles. The average molecular weight is 327 g/mol. The van der Waals surface area contributed by atoms with E-state index in [1.165, 1.54) is 12.1 Å². The Morgan fingerprint density at radius 3 is 2.55 bits per heavy atom. The summed E-state index contributed by atoms with van der Waals surface area (Å²) in [4.78, 5) is 2.36. The maximum Gasteiger partial charge on any atom is 0.150 e. The third-order valence-electron chi connectivity index (χ3n) is 4.66. The van der Waals surface area contributed by atoms with Gasteiger partial charge < -0.3 is 4.74 Å². The molecule has 2 heterocycles. The van der Waals surface area contributed by atoms with Crippen LogP contribution < -0.4 is 0 Å². The van der Waals surface area contributed by atoms with Crippen molar-refractivity contribution >= 4 is 9.84 Å². The van der Waals surface area contributed by atoms with Gasteiger partial charge in [-0.1, -0.05) is 12.1 Å². The van der Waals surface area contributed by atoms with E-state index in [-0.39, 0.29) is 11.9 Å². The summed E-state index contributed by atoms with van der Waals surface area (Å²) in [6.45, 7) is 3.03. The summed E-state index contributed by atoms with van der Waals surface area (Å²) in [5.74, 6) is 0.806. The molecule has 0 aromatic heterocycles. The predicted molar refractivity (Wildman–Crippen MR) is 82.9 cm³/mol. The Hall–Kier alpha value is -0.980. The van der Waals surface area contributed by atoms with Gasteiger partial charge in [0, 0.05) is 13.1 Å². The highest BCUT2D eigenvalue weighted by Crippen LogP contribution is 2.28. The average Bonchev–Trinajstić information content (AvgIpc) is 2.51. The van der Waals surface area contributed by atoms with Gasteiger partial charge in [-0.15, -0.1) is 0 Å². The molecule has 0 aliphatic carbocycles. The zero-order chi connectivity index (χ0) is 15.6. The minimum absolute atomic E-state index is 0.132. The van der Waals surface area contributed by atoms with Gasteiger partial charge in [0.2, 0.25) is 0 Å². The van der Waals surface area contributed by atoms with Gasteiger partial charge >= 0.3 is 0 Å². The Morgan fingerprint density at radius 1 is 1.18 bits per heavy atom. The lowest BCUT2D eigenvalue weighted by Gasteiger charge is -2.38. The molecule has 122 valence electrons. The maximum absolute atomic E-state index is 13.1. The molecule has 1 atom stereocenters. The lowest BCUT2D eigenvalue weighted by molar-refractivity contribution is -0.0160. The molecule has 1 aromatic carbocycles. The Balaban J connectivity index is 1.66. The van der Waals surface area contributed by atoms with Crippen molar-refractivity contribution < 1.29 is 17.5 Å². The van der Waals surface area contributed by atoms with E-state index in [1.807, 2.05) is 12.1 Å². The van der Waals surface area contributed by atoms with E-state index in [0.29, 0.717) is 30.6 Å². The second-order valence-corrected chi connectivity index (χ2v) is 8.54. The summed E-state index contributed by atoms with van der Waals surface area (Å²) in [5, 5.41) is 0. The summed E-state index contributed by atoms with van der Waals surface area (Å²) in [7, 11) is -2.81. The van der Waals surface area contributed by atoms with Crippen LogP contribution in [0, 0.1) is 11.7 Å². The number of hydrogen-bond acceptors (Lipinski definition) is 4. The zero-order valence-corrected chi connectivity index (χ0v) is 13.4. The fourth-order valence-electron chi connectivity index (χ4n) is 3.30. The Kier molecular flexibility index (Phi) is 4.80. The third-order valence-corrected chi connectivity index (χ3v) is 6.38. The Labute approximate surface area is 131 Å². The van der Waals surface area contributed by atoms with E-state index in [2.05, 4.69) is 4.90 Å². The smallest absolute Gasteiger partial charge is 0.150 e. The van der Waals surface area contributed by atoms with Crippen LogP contribution in [0.25, 0.3) is 0 Å². The molecular formula is C16H22FNO3S. The van der Waals surface area contributed by atoms with Crippen LogP contribution >= 0.6 is 0 Å². The van der Waals surface area contributed by atoms with Crippen molar-refractivity contribution in [1.29, 1.82) is 0 Å². The molecule has 2 fully saturated rings. The van der Waals surface area contributed by atoms with Crippen LogP contribution in [0.5, 0.6) is 0 Å². The first-order valence-electron chi connectivity index (χ1n) is 7.81. The van der Waals surface area contributed by atoms with Gasteiger partial charge in [-0.25, -0.2) is 12.8 Å². The molecule has 0 radical (unpaired) electrons. The summed E-state index contributed by atoms with van der Waals surface area (Å²) < 4.78 is 41.8. The van der Waals surface area contributed by atoms with E-state index in [9.17, 15) is 12.8 Å². The minimum Gasteiger partial charge on any atom is -0.378 e.